The van der Waals surface area contributed by atoms with Crippen LogP contribution in [0, 0.1) is 17.1 Å². The summed E-state index contributed by atoms with van der Waals surface area (Å²) in [6, 6.07) is 6.06. The summed E-state index contributed by atoms with van der Waals surface area (Å²) in [6.45, 7) is -0.446. The topological polar surface area (TPSA) is 93.4 Å². The number of imide groups is 1. The Kier molecular flexibility index (Phi) is 4.30. The van der Waals surface area contributed by atoms with Gasteiger partial charge in [0.2, 0.25) is 0 Å². The van der Waals surface area contributed by atoms with Gasteiger partial charge in [0.05, 0.1) is 31.3 Å². The number of benzene rings is 1. The molecule has 2 N–H and O–H groups in total. The highest BCUT2D eigenvalue weighted by atomic mass is 19.1. The van der Waals surface area contributed by atoms with Gasteiger partial charge < -0.3 is 10.4 Å². The van der Waals surface area contributed by atoms with E-state index in [-0.39, 0.29) is 31.0 Å². The highest BCUT2D eigenvalue weighted by molar-refractivity contribution is 6.17. The molecule has 1 aliphatic heterocycles. The number of hydrogen-bond acceptors (Lipinski definition) is 5. The molecule has 0 saturated carbocycles. The largest absolute Gasteiger partial charge is 0.395 e. The number of β-amino-alcohol motifs (C(OH)–C–C–N with tert-alkyl or cyclic N) is 1. The first-order chi connectivity index (χ1) is 10.1. The van der Waals surface area contributed by atoms with Crippen molar-refractivity contribution in [1.29, 1.82) is 5.26 Å². The van der Waals surface area contributed by atoms with Gasteiger partial charge in [0.1, 0.15) is 11.5 Å². The van der Waals surface area contributed by atoms with Crippen LogP contribution in [0.3, 0.4) is 0 Å². The zero-order chi connectivity index (χ0) is 15.4. The number of aliphatic hydroxyl groups is 1. The van der Waals surface area contributed by atoms with Crippen LogP contribution in [-0.2, 0) is 16.0 Å². The van der Waals surface area contributed by atoms with Crippen LogP contribution < -0.4 is 5.32 Å². The maximum Gasteiger partial charge on any atom is 0.277 e. The van der Waals surface area contributed by atoms with Crippen molar-refractivity contribution in [3.63, 3.8) is 0 Å². The van der Waals surface area contributed by atoms with Crippen LogP contribution in [-0.4, -0.2) is 35.0 Å². The van der Waals surface area contributed by atoms with E-state index in [0.29, 0.717) is 5.56 Å². The van der Waals surface area contributed by atoms with E-state index in [1.165, 1.54) is 12.1 Å². The van der Waals surface area contributed by atoms with Gasteiger partial charge in [0, 0.05) is 6.08 Å². The third-order valence-electron chi connectivity index (χ3n) is 2.92. The molecule has 21 heavy (non-hydrogen) atoms. The first-order valence-electron chi connectivity index (χ1n) is 6.17. The quantitative estimate of drug-likeness (QED) is 0.772. The van der Waals surface area contributed by atoms with Crippen LogP contribution >= 0.6 is 0 Å². The Labute approximate surface area is 120 Å². The first-order valence-corrected chi connectivity index (χ1v) is 6.17. The second kappa shape index (κ2) is 6.15. The molecule has 7 heteroatoms. The number of hydrogen-bond donors (Lipinski definition) is 2. The number of nitrogens with one attached hydrogen (secondary N) is 1. The van der Waals surface area contributed by atoms with E-state index in [9.17, 15) is 14.0 Å². The van der Waals surface area contributed by atoms with E-state index in [4.69, 9.17) is 10.4 Å². The molecule has 0 saturated heterocycles. The van der Waals surface area contributed by atoms with Crippen molar-refractivity contribution in [2.24, 2.45) is 0 Å². The summed E-state index contributed by atoms with van der Waals surface area (Å²) in [5.41, 5.74) is 0.501. The Bertz CT molecular complexity index is 664. The van der Waals surface area contributed by atoms with E-state index in [1.54, 1.807) is 6.07 Å². The number of carbonyl (C=O) groups excluding carboxylic acids is 2. The standard InChI is InChI=1S/C14H12FN3O3/c15-10-7-9(3-4-16)1-2-11(10)17-12-8-13(20)18(5-6-19)14(12)21/h1-2,7-8,17,19H,3,5-6H2. The highest BCUT2D eigenvalue weighted by Gasteiger charge is 2.30. The van der Waals surface area contributed by atoms with Gasteiger partial charge in [-0.1, -0.05) is 6.07 Å². The molecule has 0 aliphatic carbocycles. The molecule has 0 bridgehead atoms. The van der Waals surface area contributed by atoms with Crippen molar-refractivity contribution < 1.29 is 19.1 Å². The lowest BCUT2D eigenvalue weighted by Gasteiger charge is -2.13. The van der Waals surface area contributed by atoms with Crippen LogP contribution in [0.4, 0.5) is 10.1 Å². The molecule has 0 radical (unpaired) electrons. The predicted octanol–water partition coefficient (Wildman–Crippen LogP) is 0.549. The highest BCUT2D eigenvalue weighted by Crippen LogP contribution is 2.21. The average molecular weight is 289 g/mol. The van der Waals surface area contributed by atoms with Gasteiger partial charge in [0.25, 0.3) is 11.8 Å². The number of anilines is 1. The van der Waals surface area contributed by atoms with Gasteiger partial charge in [0.15, 0.2) is 0 Å². The summed E-state index contributed by atoms with van der Waals surface area (Å²) in [7, 11) is 0. The molecule has 0 spiro atoms. The molecule has 2 rings (SSSR count). The molecule has 1 aliphatic rings. The minimum atomic E-state index is -0.621. The van der Waals surface area contributed by atoms with Crippen molar-refractivity contribution in [2.45, 2.75) is 6.42 Å². The molecule has 2 amide bonds. The van der Waals surface area contributed by atoms with Gasteiger partial charge in [-0.25, -0.2) is 4.39 Å². The fraction of sp³-hybridized carbons (Fsp3) is 0.214. The van der Waals surface area contributed by atoms with Crippen LogP contribution in [0.2, 0.25) is 0 Å². The molecule has 0 fully saturated rings. The van der Waals surface area contributed by atoms with Gasteiger partial charge in [-0.2, -0.15) is 5.26 Å². The van der Waals surface area contributed by atoms with E-state index < -0.39 is 17.6 Å². The minimum Gasteiger partial charge on any atom is -0.395 e. The normalized spacial score (nSPS) is 14.1. The molecule has 0 aromatic heterocycles. The number of carbonyl (C=O) groups is 2. The molecule has 1 heterocycles. The summed E-state index contributed by atoms with van der Waals surface area (Å²) in [6.07, 6.45) is 1.14. The van der Waals surface area contributed by atoms with E-state index in [2.05, 4.69) is 5.32 Å². The number of amides is 2. The number of halogens is 1. The number of aliphatic hydroxyl groups excluding tert-OH is 1. The third-order valence-corrected chi connectivity index (χ3v) is 2.92. The molecule has 108 valence electrons. The summed E-state index contributed by atoms with van der Waals surface area (Å²) >= 11 is 0. The maximum absolute atomic E-state index is 13.8. The maximum atomic E-state index is 13.8. The lowest BCUT2D eigenvalue weighted by Crippen LogP contribution is -2.34. The lowest BCUT2D eigenvalue weighted by molar-refractivity contribution is -0.137. The second-order valence-corrected chi connectivity index (χ2v) is 4.35. The summed E-state index contributed by atoms with van der Waals surface area (Å²) in [5, 5.41) is 19.9. The predicted molar refractivity (Wildman–Crippen MR) is 71.2 cm³/mol. The van der Waals surface area contributed by atoms with Crippen molar-refractivity contribution >= 4 is 17.5 Å². The van der Waals surface area contributed by atoms with Crippen LogP contribution in [0.5, 0.6) is 0 Å². The van der Waals surface area contributed by atoms with E-state index in [1.807, 2.05) is 6.07 Å². The molecule has 0 unspecified atom stereocenters. The van der Waals surface area contributed by atoms with Gasteiger partial charge in [-0.05, 0) is 17.7 Å². The Morgan fingerprint density at radius 3 is 2.76 bits per heavy atom. The van der Waals surface area contributed by atoms with E-state index >= 15 is 0 Å². The Morgan fingerprint density at radius 2 is 2.14 bits per heavy atom. The summed E-state index contributed by atoms with van der Waals surface area (Å²) in [5.74, 6) is -1.79. The minimum absolute atomic E-state index is 0.0370. The SMILES string of the molecule is N#CCc1ccc(NC2=CC(=O)N(CCO)C2=O)c(F)c1. The molecule has 1 aromatic carbocycles. The zero-order valence-electron chi connectivity index (χ0n) is 11.0. The number of nitriles is 1. The first kappa shape index (κ1) is 14.7. The van der Waals surface area contributed by atoms with Gasteiger partial charge in [-0.3, -0.25) is 14.5 Å². The monoisotopic (exact) mass is 289 g/mol. The third kappa shape index (κ3) is 3.07. The van der Waals surface area contributed by atoms with Crippen molar-refractivity contribution in [2.75, 3.05) is 18.5 Å². The number of nitrogens with zero attached hydrogens (tertiary/aromatic N) is 2. The van der Waals surface area contributed by atoms with Gasteiger partial charge in [-0.15, -0.1) is 0 Å². The second-order valence-electron chi connectivity index (χ2n) is 4.35. The summed E-state index contributed by atoms with van der Waals surface area (Å²) < 4.78 is 13.8. The average Bonchev–Trinajstić information content (AvgIpc) is 2.70. The Balaban J connectivity index is 2.16. The van der Waals surface area contributed by atoms with E-state index in [0.717, 1.165) is 11.0 Å². The molecule has 6 nitrogen and oxygen atoms in total. The molecule has 1 aromatic rings. The molecular formula is C14H12FN3O3. The zero-order valence-corrected chi connectivity index (χ0v) is 11.0. The fourth-order valence-electron chi connectivity index (χ4n) is 1.92. The fourth-order valence-corrected chi connectivity index (χ4v) is 1.92. The van der Waals surface area contributed by atoms with Crippen LogP contribution in [0.25, 0.3) is 0 Å². The van der Waals surface area contributed by atoms with Crippen molar-refractivity contribution in [1.82, 2.24) is 4.90 Å². The Morgan fingerprint density at radius 1 is 1.38 bits per heavy atom. The Hall–Kier alpha value is -2.72. The lowest BCUT2D eigenvalue weighted by atomic mass is 10.1. The van der Waals surface area contributed by atoms with Crippen LogP contribution in [0.15, 0.2) is 30.0 Å². The summed E-state index contributed by atoms with van der Waals surface area (Å²) in [4.78, 5) is 24.3. The smallest absolute Gasteiger partial charge is 0.277 e. The molecular weight excluding hydrogens is 277 g/mol. The van der Waals surface area contributed by atoms with Crippen LogP contribution in [0.1, 0.15) is 5.56 Å². The van der Waals surface area contributed by atoms with Crippen molar-refractivity contribution in [3.8, 4) is 6.07 Å². The number of rotatable bonds is 5. The van der Waals surface area contributed by atoms with Gasteiger partial charge >= 0.3 is 0 Å². The molecule has 0 atom stereocenters. The van der Waals surface area contributed by atoms with Crippen molar-refractivity contribution in [3.05, 3.63) is 41.4 Å².